The smallest absolute Gasteiger partial charge is 0.0897 e. The second kappa shape index (κ2) is 5.66. The highest BCUT2D eigenvalue weighted by Gasteiger charge is 2.10. The lowest BCUT2D eigenvalue weighted by Crippen LogP contribution is -2.42. The molecule has 14 heavy (non-hydrogen) atoms. The molecule has 2 rings (SSSR count). The summed E-state index contributed by atoms with van der Waals surface area (Å²) in [6.07, 6.45) is 0. The molecule has 3 nitrogen and oxygen atoms in total. The van der Waals surface area contributed by atoms with Crippen molar-refractivity contribution in [2.75, 3.05) is 26.2 Å². The second-order valence-corrected chi connectivity index (χ2v) is 4.45. The van der Waals surface area contributed by atoms with Gasteiger partial charge in [-0.2, -0.15) is 0 Å². The summed E-state index contributed by atoms with van der Waals surface area (Å²) in [6, 6.07) is 0. The van der Waals surface area contributed by atoms with Crippen molar-refractivity contribution in [2.45, 2.75) is 13.5 Å². The van der Waals surface area contributed by atoms with E-state index >= 15 is 0 Å². The quantitative estimate of drug-likeness (QED) is 0.834. The Morgan fingerprint density at radius 2 is 2.21 bits per heavy atom. The van der Waals surface area contributed by atoms with Crippen molar-refractivity contribution in [2.24, 2.45) is 0 Å². The number of piperazine rings is 1. The molecule has 80 valence electrons. The first-order valence-corrected chi connectivity index (χ1v) is 5.56. The van der Waals surface area contributed by atoms with E-state index in [0.29, 0.717) is 0 Å². The Labute approximate surface area is 94.9 Å². The molecule has 0 aromatic carbocycles. The van der Waals surface area contributed by atoms with Crippen LogP contribution in [0.25, 0.3) is 0 Å². The van der Waals surface area contributed by atoms with Crippen LogP contribution in [0.15, 0.2) is 5.38 Å². The van der Waals surface area contributed by atoms with Gasteiger partial charge in [0.2, 0.25) is 0 Å². The van der Waals surface area contributed by atoms with E-state index < -0.39 is 0 Å². The maximum absolute atomic E-state index is 4.46. The van der Waals surface area contributed by atoms with Crippen LogP contribution >= 0.6 is 23.7 Å². The number of thiazole rings is 1. The standard InChI is InChI=1S/C9H15N3S.ClH/c1-8-11-9(7-13-8)6-12-4-2-10-3-5-12;/h7,10H,2-6H2,1H3;1H. The van der Waals surface area contributed by atoms with E-state index in [1.54, 1.807) is 11.3 Å². The van der Waals surface area contributed by atoms with Gasteiger partial charge >= 0.3 is 0 Å². The molecule has 1 N–H and O–H groups in total. The summed E-state index contributed by atoms with van der Waals surface area (Å²) in [6.45, 7) is 7.61. The van der Waals surface area contributed by atoms with Gasteiger partial charge < -0.3 is 5.32 Å². The van der Waals surface area contributed by atoms with Gasteiger partial charge in [-0.25, -0.2) is 4.98 Å². The molecule has 0 unspecified atom stereocenters. The van der Waals surface area contributed by atoms with E-state index in [4.69, 9.17) is 0 Å². The molecule has 0 atom stereocenters. The van der Waals surface area contributed by atoms with Crippen LogP contribution in [0.4, 0.5) is 0 Å². The Balaban J connectivity index is 0.000000980. The highest BCUT2D eigenvalue weighted by atomic mass is 35.5. The van der Waals surface area contributed by atoms with Crippen LogP contribution in [0.3, 0.4) is 0 Å². The topological polar surface area (TPSA) is 28.2 Å². The molecule has 2 heterocycles. The number of nitrogens with zero attached hydrogens (tertiary/aromatic N) is 2. The normalized spacial score (nSPS) is 17.8. The number of halogens is 1. The first-order valence-electron chi connectivity index (χ1n) is 4.69. The first-order chi connectivity index (χ1) is 6.34. The fraction of sp³-hybridized carbons (Fsp3) is 0.667. The number of nitrogens with one attached hydrogen (secondary N) is 1. The molecule has 0 radical (unpaired) electrons. The highest BCUT2D eigenvalue weighted by molar-refractivity contribution is 7.09. The SMILES string of the molecule is Cc1nc(CN2CCNCC2)cs1.Cl. The van der Waals surface area contributed by atoms with Crippen LogP contribution in [0.1, 0.15) is 10.7 Å². The summed E-state index contributed by atoms with van der Waals surface area (Å²) in [5.74, 6) is 0. The van der Waals surface area contributed by atoms with Crippen molar-refractivity contribution >= 4 is 23.7 Å². The summed E-state index contributed by atoms with van der Waals surface area (Å²) >= 11 is 1.74. The molecular weight excluding hydrogens is 218 g/mol. The average Bonchev–Trinajstić information content (AvgIpc) is 2.53. The molecule has 1 aliphatic heterocycles. The largest absolute Gasteiger partial charge is 0.314 e. The Hall–Kier alpha value is -0.160. The van der Waals surface area contributed by atoms with Gasteiger partial charge in [0.05, 0.1) is 10.7 Å². The third kappa shape index (κ3) is 3.20. The van der Waals surface area contributed by atoms with Crippen LogP contribution in [-0.4, -0.2) is 36.1 Å². The molecule has 1 fully saturated rings. The van der Waals surface area contributed by atoms with Gasteiger partial charge in [0, 0.05) is 38.1 Å². The Morgan fingerprint density at radius 3 is 2.79 bits per heavy atom. The van der Waals surface area contributed by atoms with Gasteiger partial charge in [-0.3, -0.25) is 4.90 Å². The van der Waals surface area contributed by atoms with Gasteiger partial charge in [0.1, 0.15) is 0 Å². The highest BCUT2D eigenvalue weighted by Crippen LogP contribution is 2.10. The molecule has 0 saturated carbocycles. The summed E-state index contributed by atoms with van der Waals surface area (Å²) in [7, 11) is 0. The van der Waals surface area contributed by atoms with Gasteiger partial charge in [-0.1, -0.05) is 0 Å². The van der Waals surface area contributed by atoms with Gasteiger partial charge in [-0.05, 0) is 6.92 Å². The molecule has 1 aliphatic rings. The maximum Gasteiger partial charge on any atom is 0.0897 e. The fourth-order valence-corrected chi connectivity index (χ4v) is 2.18. The number of hydrogen-bond acceptors (Lipinski definition) is 4. The number of hydrogen-bond donors (Lipinski definition) is 1. The minimum Gasteiger partial charge on any atom is -0.314 e. The molecule has 5 heteroatoms. The molecule has 0 aliphatic carbocycles. The zero-order chi connectivity index (χ0) is 9.10. The maximum atomic E-state index is 4.46. The van der Waals surface area contributed by atoms with Crippen molar-refractivity contribution < 1.29 is 0 Å². The van der Waals surface area contributed by atoms with E-state index in [1.807, 2.05) is 0 Å². The van der Waals surface area contributed by atoms with Crippen molar-refractivity contribution in [3.63, 3.8) is 0 Å². The summed E-state index contributed by atoms with van der Waals surface area (Å²) in [4.78, 5) is 6.91. The van der Waals surface area contributed by atoms with Crippen molar-refractivity contribution in [3.05, 3.63) is 16.1 Å². The van der Waals surface area contributed by atoms with E-state index in [0.717, 1.165) is 32.7 Å². The zero-order valence-electron chi connectivity index (χ0n) is 8.32. The molecular formula is C9H16ClN3S. The lowest BCUT2D eigenvalue weighted by Gasteiger charge is -2.26. The molecule has 1 aromatic rings. The van der Waals surface area contributed by atoms with E-state index in [2.05, 4.69) is 27.5 Å². The average molecular weight is 234 g/mol. The van der Waals surface area contributed by atoms with Gasteiger partial charge in [0.15, 0.2) is 0 Å². The predicted molar refractivity (Wildman–Crippen MR) is 62.2 cm³/mol. The van der Waals surface area contributed by atoms with E-state index in [9.17, 15) is 0 Å². The van der Waals surface area contributed by atoms with E-state index in [-0.39, 0.29) is 12.4 Å². The molecule has 0 bridgehead atoms. The lowest BCUT2D eigenvalue weighted by molar-refractivity contribution is 0.231. The van der Waals surface area contributed by atoms with Crippen LogP contribution in [-0.2, 0) is 6.54 Å². The summed E-state index contributed by atoms with van der Waals surface area (Å²) < 4.78 is 0. The molecule has 1 aromatic heterocycles. The third-order valence-corrected chi connectivity index (χ3v) is 3.08. The number of aromatic nitrogens is 1. The van der Waals surface area contributed by atoms with Gasteiger partial charge in [-0.15, -0.1) is 23.7 Å². The first kappa shape index (κ1) is 11.9. The monoisotopic (exact) mass is 233 g/mol. The Morgan fingerprint density at radius 1 is 1.50 bits per heavy atom. The van der Waals surface area contributed by atoms with Gasteiger partial charge in [0.25, 0.3) is 0 Å². The van der Waals surface area contributed by atoms with Crippen molar-refractivity contribution in [1.29, 1.82) is 0 Å². The van der Waals surface area contributed by atoms with Crippen LogP contribution in [0.5, 0.6) is 0 Å². The van der Waals surface area contributed by atoms with Crippen molar-refractivity contribution in [3.8, 4) is 0 Å². The summed E-state index contributed by atoms with van der Waals surface area (Å²) in [5.41, 5.74) is 1.23. The Kier molecular flexibility index (Phi) is 4.81. The second-order valence-electron chi connectivity index (χ2n) is 3.38. The van der Waals surface area contributed by atoms with Crippen LogP contribution < -0.4 is 5.32 Å². The number of aryl methyl sites for hydroxylation is 1. The van der Waals surface area contributed by atoms with Crippen molar-refractivity contribution in [1.82, 2.24) is 15.2 Å². The fourth-order valence-electron chi connectivity index (χ4n) is 1.58. The molecule has 0 amide bonds. The zero-order valence-corrected chi connectivity index (χ0v) is 9.96. The third-order valence-electron chi connectivity index (χ3n) is 2.26. The molecule has 1 saturated heterocycles. The number of rotatable bonds is 2. The van der Waals surface area contributed by atoms with Crippen LogP contribution in [0, 0.1) is 6.92 Å². The summed E-state index contributed by atoms with van der Waals surface area (Å²) in [5, 5.41) is 6.68. The lowest BCUT2D eigenvalue weighted by atomic mass is 10.3. The minimum atomic E-state index is 0. The minimum absolute atomic E-state index is 0. The van der Waals surface area contributed by atoms with Crippen LogP contribution in [0.2, 0.25) is 0 Å². The molecule has 0 spiro atoms. The predicted octanol–water partition coefficient (Wildman–Crippen LogP) is 1.28. The Bertz CT molecular complexity index is 271. The van der Waals surface area contributed by atoms with E-state index in [1.165, 1.54) is 10.7 Å².